The number of aliphatic imine (C=N–C) groups is 1. The van der Waals surface area contributed by atoms with E-state index in [-0.39, 0.29) is 13.3 Å². The third-order valence-electron chi connectivity index (χ3n) is 5.84. The summed E-state index contributed by atoms with van der Waals surface area (Å²) in [7, 11) is 0. The number of hydrogen-bond donors (Lipinski definition) is 1. The summed E-state index contributed by atoms with van der Waals surface area (Å²) < 4.78 is 0. The molecule has 2 aromatic rings. The average molecular weight is 518 g/mol. The molecule has 2 aliphatic heterocycles. The second-order valence-corrected chi connectivity index (χ2v) is 11.0. The molecule has 1 aromatic heterocycles. The second-order valence-electron chi connectivity index (χ2n) is 8.18. The maximum absolute atomic E-state index is 12.8. The van der Waals surface area contributed by atoms with Gasteiger partial charge in [-0.25, -0.2) is 9.98 Å². The number of aryl methyl sites for hydroxylation is 1. The highest BCUT2D eigenvalue weighted by atomic mass is 32.2. The first-order valence-electron chi connectivity index (χ1n) is 11.2. The maximum atomic E-state index is 12.8. The summed E-state index contributed by atoms with van der Waals surface area (Å²) in [5.74, 6) is 1.09. The minimum Gasteiger partial charge on any atom is -0.322 e. The molecule has 0 unspecified atom stereocenters. The van der Waals surface area contributed by atoms with E-state index in [2.05, 4.69) is 44.4 Å². The van der Waals surface area contributed by atoms with Gasteiger partial charge in [0.1, 0.15) is 5.03 Å². The Hall–Kier alpha value is -1.52. The summed E-state index contributed by atoms with van der Waals surface area (Å²) in [6.45, 7) is 7.31. The van der Waals surface area contributed by atoms with E-state index in [1.807, 2.05) is 37.3 Å². The van der Waals surface area contributed by atoms with Crippen molar-refractivity contribution < 1.29 is 4.79 Å². The number of amides is 1. The fourth-order valence-corrected chi connectivity index (χ4v) is 6.39. The molecule has 0 saturated carbocycles. The van der Waals surface area contributed by atoms with E-state index in [4.69, 9.17) is 4.99 Å². The lowest BCUT2D eigenvalue weighted by atomic mass is 10.2. The van der Waals surface area contributed by atoms with Gasteiger partial charge in [0, 0.05) is 55.5 Å². The van der Waals surface area contributed by atoms with Crippen molar-refractivity contribution in [2.75, 3.05) is 62.8 Å². The van der Waals surface area contributed by atoms with E-state index in [0.717, 1.165) is 71.9 Å². The van der Waals surface area contributed by atoms with E-state index in [0.29, 0.717) is 6.54 Å². The largest absolute Gasteiger partial charge is 0.322 e. The van der Waals surface area contributed by atoms with Crippen molar-refractivity contribution in [3.63, 3.8) is 0 Å². The summed E-state index contributed by atoms with van der Waals surface area (Å²) in [4.78, 5) is 27.9. The number of piperazine rings is 1. The number of fused-ring (bicyclic) bond motifs is 1. The lowest BCUT2D eigenvalue weighted by molar-refractivity contribution is -0.117. The van der Waals surface area contributed by atoms with Crippen molar-refractivity contribution in [1.82, 2.24) is 14.8 Å². The van der Waals surface area contributed by atoms with Crippen molar-refractivity contribution >= 4 is 57.6 Å². The Bertz CT molecular complexity index is 996. The molecule has 1 fully saturated rings. The number of anilines is 1. The number of hydrogen-bond acceptors (Lipinski definition) is 8. The fraction of sp³-hybridized carbons (Fsp3) is 0.480. The van der Waals surface area contributed by atoms with Crippen molar-refractivity contribution in [2.45, 2.75) is 30.7 Å². The minimum absolute atomic E-state index is 0. The van der Waals surface area contributed by atoms with E-state index < -0.39 is 0 Å². The van der Waals surface area contributed by atoms with Crippen LogP contribution in [0.5, 0.6) is 0 Å². The average Bonchev–Trinajstić information content (AvgIpc) is 3.23. The van der Waals surface area contributed by atoms with Crippen LogP contribution < -0.4 is 5.32 Å². The van der Waals surface area contributed by atoms with Crippen LogP contribution in [0.3, 0.4) is 0 Å². The molecular formula is C25H35N5OS3. The number of carbonyl (C=O) groups excluding carboxylic acids is 1. The van der Waals surface area contributed by atoms with Crippen molar-refractivity contribution in [2.24, 2.45) is 4.99 Å². The summed E-state index contributed by atoms with van der Waals surface area (Å²) in [6.07, 6.45) is 5.00. The van der Waals surface area contributed by atoms with Gasteiger partial charge in [-0.05, 0) is 37.1 Å². The molecular weight excluding hydrogens is 483 g/mol. The summed E-state index contributed by atoms with van der Waals surface area (Å²) in [6, 6.07) is 10.4. The zero-order valence-electron chi connectivity index (χ0n) is 19.5. The number of nitrogens with one attached hydrogen (secondary N) is 1. The molecule has 0 radical (unpaired) electrons. The lowest BCUT2D eigenvalue weighted by Gasteiger charge is -2.34. The molecule has 2 aliphatic rings. The number of thioether (sulfide) groups is 3. The van der Waals surface area contributed by atoms with Crippen LogP contribution in [0.1, 0.15) is 18.7 Å². The van der Waals surface area contributed by atoms with Gasteiger partial charge in [0.25, 0.3) is 0 Å². The molecule has 184 valence electrons. The Labute approximate surface area is 216 Å². The molecule has 4 rings (SSSR count). The Morgan fingerprint density at radius 1 is 1.09 bits per heavy atom. The van der Waals surface area contributed by atoms with E-state index in [9.17, 15) is 4.79 Å². The summed E-state index contributed by atoms with van der Waals surface area (Å²) >= 11 is 5.09. The van der Waals surface area contributed by atoms with Crippen LogP contribution >= 0.6 is 35.3 Å². The highest BCUT2D eigenvalue weighted by Gasteiger charge is 2.21. The van der Waals surface area contributed by atoms with Gasteiger partial charge < -0.3 is 5.32 Å². The molecule has 0 aliphatic carbocycles. The Kier molecular flexibility index (Phi) is 10.3. The normalized spacial score (nSPS) is 16.0. The maximum Gasteiger partial charge on any atom is 0.238 e. The first kappa shape index (κ1) is 27.1. The monoisotopic (exact) mass is 517 g/mol. The van der Waals surface area contributed by atoms with Gasteiger partial charge in [0.15, 0.2) is 0 Å². The van der Waals surface area contributed by atoms with Crippen molar-refractivity contribution in [3.8, 4) is 0 Å². The number of benzene rings is 1. The SMILES string of the molecule is C.CSc1cc(C)nc(SC)c1NC(=O)CN1CCN(CCSC2=Nc3ccccc3C2)CC1. The first-order valence-corrected chi connectivity index (χ1v) is 14.6. The van der Waals surface area contributed by atoms with Crippen LogP contribution in [0.25, 0.3) is 0 Å². The fourth-order valence-electron chi connectivity index (χ4n) is 4.07. The molecule has 1 aromatic carbocycles. The predicted molar refractivity (Wildman–Crippen MR) is 150 cm³/mol. The molecule has 9 heteroatoms. The van der Waals surface area contributed by atoms with Crippen LogP contribution in [0, 0.1) is 6.92 Å². The van der Waals surface area contributed by atoms with Crippen LogP contribution in [-0.4, -0.2) is 83.3 Å². The zero-order chi connectivity index (χ0) is 23.2. The van der Waals surface area contributed by atoms with Crippen LogP contribution in [0.15, 0.2) is 45.2 Å². The number of pyridine rings is 1. The molecule has 0 bridgehead atoms. The van der Waals surface area contributed by atoms with Crippen LogP contribution in [-0.2, 0) is 11.2 Å². The summed E-state index contributed by atoms with van der Waals surface area (Å²) in [5.41, 5.74) is 4.28. The number of carbonyl (C=O) groups is 1. The molecule has 0 spiro atoms. The van der Waals surface area contributed by atoms with Gasteiger partial charge in [0.05, 0.1) is 23.0 Å². The second kappa shape index (κ2) is 13.0. The Morgan fingerprint density at radius 2 is 1.82 bits per heavy atom. The van der Waals surface area contributed by atoms with Gasteiger partial charge in [-0.3, -0.25) is 14.6 Å². The molecule has 1 saturated heterocycles. The van der Waals surface area contributed by atoms with Crippen LogP contribution in [0.2, 0.25) is 0 Å². The predicted octanol–water partition coefficient (Wildman–Crippen LogP) is 5.05. The van der Waals surface area contributed by atoms with Gasteiger partial charge in [-0.1, -0.05) is 25.6 Å². The molecule has 0 atom stereocenters. The summed E-state index contributed by atoms with van der Waals surface area (Å²) in [5, 5.41) is 5.23. The quantitative estimate of drug-likeness (QED) is 0.492. The van der Waals surface area contributed by atoms with Gasteiger partial charge in [0.2, 0.25) is 5.91 Å². The number of para-hydroxylation sites is 1. The van der Waals surface area contributed by atoms with E-state index >= 15 is 0 Å². The van der Waals surface area contributed by atoms with Crippen molar-refractivity contribution in [1.29, 1.82) is 0 Å². The van der Waals surface area contributed by atoms with Gasteiger partial charge >= 0.3 is 0 Å². The topological polar surface area (TPSA) is 60.8 Å². The van der Waals surface area contributed by atoms with E-state index in [1.54, 1.807) is 23.5 Å². The van der Waals surface area contributed by atoms with E-state index in [1.165, 1.54) is 10.6 Å². The van der Waals surface area contributed by atoms with Crippen LogP contribution in [0.4, 0.5) is 11.4 Å². The van der Waals surface area contributed by atoms with Crippen molar-refractivity contribution in [3.05, 3.63) is 41.6 Å². The minimum atomic E-state index is 0. The molecule has 6 nitrogen and oxygen atoms in total. The highest BCUT2D eigenvalue weighted by Crippen LogP contribution is 2.33. The third-order valence-corrected chi connectivity index (χ3v) is 8.24. The lowest BCUT2D eigenvalue weighted by Crippen LogP contribution is -2.49. The number of nitrogens with zero attached hydrogens (tertiary/aromatic N) is 4. The smallest absolute Gasteiger partial charge is 0.238 e. The first-order chi connectivity index (χ1) is 16.1. The highest BCUT2D eigenvalue weighted by molar-refractivity contribution is 8.14. The molecule has 34 heavy (non-hydrogen) atoms. The standard InChI is InChI=1S/C24H31N5OS3.CH4/c1-17-14-20(31-2)23(24(25-17)32-3)27-21(30)16-29-10-8-28(9-11-29)12-13-33-22-15-18-6-4-5-7-19(18)26-22;/h4-7,14H,8-13,15-16H2,1-3H3,(H,27,30);1H4. The third kappa shape index (κ3) is 7.01. The van der Waals surface area contributed by atoms with Gasteiger partial charge in [-0.2, -0.15) is 0 Å². The van der Waals surface area contributed by atoms with Gasteiger partial charge in [-0.15, -0.1) is 35.3 Å². The Balaban J connectivity index is 0.00000324. The molecule has 1 amide bonds. The Morgan fingerprint density at radius 3 is 2.53 bits per heavy atom. The zero-order valence-corrected chi connectivity index (χ0v) is 21.9. The number of aromatic nitrogens is 1. The number of rotatable bonds is 8. The molecule has 1 N–H and O–H groups in total. The molecule has 3 heterocycles.